The predicted molar refractivity (Wildman–Crippen MR) is 77.1 cm³/mol. The monoisotopic (exact) mass is 321 g/mol. The minimum absolute atomic E-state index is 0.113. The Hall–Kier alpha value is -1.00. The molecule has 0 aromatic heterocycles. The van der Waals surface area contributed by atoms with E-state index in [2.05, 4.69) is 9.44 Å². The van der Waals surface area contributed by atoms with Gasteiger partial charge >= 0.3 is 0 Å². The minimum Gasteiger partial charge on any atom is -0.326 e. The van der Waals surface area contributed by atoms with Crippen LogP contribution in [0.5, 0.6) is 0 Å². The Kier molecular flexibility index (Phi) is 5.66. The largest absolute Gasteiger partial charge is 0.326 e. The average Bonchev–Trinajstić information content (AvgIpc) is 2.38. The third kappa shape index (κ3) is 4.53. The van der Waals surface area contributed by atoms with Crippen molar-refractivity contribution in [3.63, 3.8) is 0 Å². The zero-order valence-corrected chi connectivity index (χ0v) is 13.0. The quantitative estimate of drug-likeness (QED) is 0.612. The third-order valence-electron chi connectivity index (χ3n) is 2.75. The first kappa shape index (κ1) is 17.1. The second-order valence-corrected chi connectivity index (χ2v) is 8.01. The van der Waals surface area contributed by atoms with Gasteiger partial charge in [0.1, 0.15) is 0 Å². The maximum Gasteiger partial charge on any atom is 0.240 e. The number of nitrogens with two attached hydrogens (primary N) is 1. The molecule has 0 unspecified atom stereocenters. The third-order valence-corrected chi connectivity index (χ3v) is 5.72. The fourth-order valence-electron chi connectivity index (χ4n) is 1.55. The van der Waals surface area contributed by atoms with Crippen LogP contribution in [0.15, 0.2) is 23.1 Å². The molecule has 1 rings (SSSR count). The molecule has 0 spiro atoms. The second kappa shape index (κ2) is 6.64. The molecule has 0 fully saturated rings. The molecule has 1 aromatic carbocycles. The van der Waals surface area contributed by atoms with E-state index in [4.69, 9.17) is 5.73 Å². The summed E-state index contributed by atoms with van der Waals surface area (Å²) in [7, 11) is -5.92. The molecule has 0 bridgehead atoms. The fraction of sp³-hybridized carbons (Fsp3) is 0.455. The van der Waals surface area contributed by atoms with Gasteiger partial charge in [-0.05, 0) is 31.2 Å². The van der Waals surface area contributed by atoms with Gasteiger partial charge in [-0.2, -0.15) is 0 Å². The van der Waals surface area contributed by atoms with Crippen LogP contribution in [-0.4, -0.2) is 36.2 Å². The molecule has 0 saturated heterocycles. The summed E-state index contributed by atoms with van der Waals surface area (Å²) in [5.41, 5.74) is 6.75. The van der Waals surface area contributed by atoms with E-state index in [0.717, 1.165) is 0 Å². The van der Waals surface area contributed by atoms with Crippen LogP contribution in [0.4, 0.5) is 0 Å². The summed E-state index contributed by atoms with van der Waals surface area (Å²) in [4.78, 5) is 0.113. The molecular weight excluding hydrogens is 302 g/mol. The zero-order chi connectivity index (χ0) is 15.4. The van der Waals surface area contributed by atoms with Gasteiger partial charge in [-0.1, -0.05) is 12.1 Å². The summed E-state index contributed by atoms with van der Waals surface area (Å²) in [6.45, 7) is 1.70. The highest BCUT2D eigenvalue weighted by atomic mass is 32.2. The SMILES string of the molecule is CNS(=O)(=O)CCNS(=O)(=O)c1cc(CN)ccc1C. The topological polar surface area (TPSA) is 118 Å². The number of nitrogens with one attached hydrogen (secondary N) is 2. The Labute approximate surface area is 119 Å². The Morgan fingerprint density at radius 2 is 1.85 bits per heavy atom. The van der Waals surface area contributed by atoms with E-state index in [-0.39, 0.29) is 23.7 Å². The number of rotatable bonds is 7. The highest BCUT2D eigenvalue weighted by molar-refractivity contribution is 7.90. The Balaban J connectivity index is 2.89. The maximum atomic E-state index is 12.1. The van der Waals surface area contributed by atoms with Crippen molar-refractivity contribution >= 4 is 20.0 Å². The number of aryl methyl sites for hydroxylation is 1. The van der Waals surface area contributed by atoms with Crippen molar-refractivity contribution in [3.8, 4) is 0 Å². The zero-order valence-electron chi connectivity index (χ0n) is 11.4. The lowest BCUT2D eigenvalue weighted by molar-refractivity contribution is 0.578. The predicted octanol–water partition coefficient (Wildman–Crippen LogP) is -0.719. The van der Waals surface area contributed by atoms with Crippen molar-refractivity contribution in [1.82, 2.24) is 9.44 Å². The Morgan fingerprint density at radius 3 is 2.40 bits per heavy atom. The Morgan fingerprint density at radius 1 is 1.20 bits per heavy atom. The van der Waals surface area contributed by atoms with Gasteiger partial charge in [0.25, 0.3) is 0 Å². The number of sulfonamides is 2. The molecule has 114 valence electrons. The van der Waals surface area contributed by atoms with Gasteiger partial charge in [0, 0.05) is 13.1 Å². The van der Waals surface area contributed by atoms with Crippen LogP contribution < -0.4 is 15.2 Å². The van der Waals surface area contributed by atoms with Gasteiger partial charge in [0.2, 0.25) is 20.0 Å². The van der Waals surface area contributed by atoms with Crippen molar-refractivity contribution in [2.45, 2.75) is 18.4 Å². The van der Waals surface area contributed by atoms with Crippen LogP contribution in [0.1, 0.15) is 11.1 Å². The van der Waals surface area contributed by atoms with Gasteiger partial charge < -0.3 is 5.73 Å². The molecule has 4 N–H and O–H groups in total. The summed E-state index contributed by atoms with van der Waals surface area (Å²) in [5.74, 6) is -0.321. The van der Waals surface area contributed by atoms with Gasteiger partial charge in [-0.3, -0.25) is 0 Å². The highest BCUT2D eigenvalue weighted by Crippen LogP contribution is 2.16. The van der Waals surface area contributed by atoms with Crippen LogP contribution >= 0.6 is 0 Å². The lowest BCUT2D eigenvalue weighted by Crippen LogP contribution is -2.33. The molecule has 0 aliphatic rings. The summed E-state index contributed by atoms with van der Waals surface area (Å²) >= 11 is 0. The summed E-state index contributed by atoms with van der Waals surface area (Å²) in [6.07, 6.45) is 0. The van der Waals surface area contributed by atoms with Crippen molar-refractivity contribution in [3.05, 3.63) is 29.3 Å². The first-order valence-electron chi connectivity index (χ1n) is 5.92. The Bertz CT molecular complexity index is 669. The summed E-state index contributed by atoms with van der Waals surface area (Å²) < 4.78 is 51.1. The molecule has 0 heterocycles. The van der Waals surface area contributed by atoms with Gasteiger partial charge in [0.15, 0.2) is 0 Å². The molecule has 20 heavy (non-hydrogen) atoms. The molecular formula is C11H19N3O4S2. The summed E-state index contributed by atoms with van der Waals surface area (Å²) in [6, 6.07) is 4.91. The fourth-order valence-corrected chi connectivity index (χ4v) is 3.58. The maximum absolute atomic E-state index is 12.1. The van der Waals surface area contributed by atoms with Crippen LogP contribution in [0, 0.1) is 6.92 Å². The molecule has 0 amide bonds. The van der Waals surface area contributed by atoms with E-state index in [1.54, 1.807) is 19.1 Å². The number of benzene rings is 1. The molecule has 0 radical (unpaired) electrons. The van der Waals surface area contributed by atoms with Crippen LogP contribution in [0.25, 0.3) is 0 Å². The molecule has 0 aliphatic heterocycles. The standard InChI is InChI=1S/C11H19N3O4S2/c1-9-3-4-10(8-12)7-11(9)20(17,18)14-5-6-19(15,16)13-2/h3-4,7,13-14H,5-6,8,12H2,1-2H3. The van der Waals surface area contributed by atoms with Gasteiger partial charge in [-0.25, -0.2) is 26.3 Å². The number of hydrogen-bond acceptors (Lipinski definition) is 5. The molecule has 9 heteroatoms. The molecule has 0 saturated carbocycles. The van der Waals surface area contributed by atoms with Crippen molar-refractivity contribution in [2.75, 3.05) is 19.3 Å². The van der Waals surface area contributed by atoms with Crippen LogP contribution in [0.2, 0.25) is 0 Å². The van der Waals surface area contributed by atoms with E-state index < -0.39 is 20.0 Å². The first-order valence-corrected chi connectivity index (χ1v) is 9.06. The lowest BCUT2D eigenvalue weighted by Gasteiger charge is -2.10. The highest BCUT2D eigenvalue weighted by Gasteiger charge is 2.18. The van der Waals surface area contributed by atoms with Gasteiger partial charge in [0.05, 0.1) is 10.6 Å². The smallest absolute Gasteiger partial charge is 0.240 e. The first-order chi connectivity index (χ1) is 9.22. The molecule has 0 atom stereocenters. The van der Waals surface area contributed by atoms with E-state index in [1.165, 1.54) is 13.1 Å². The molecule has 7 nitrogen and oxygen atoms in total. The normalized spacial score (nSPS) is 12.6. The molecule has 0 aliphatic carbocycles. The minimum atomic E-state index is -3.75. The lowest BCUT2D eigenvalue weighted by atomic mass is 10.1. The van der Waals surface area contributed by atoms with Crippen LogP contribution in [-0.2, 0) is 26.6 Å². The van der Waals surface area contributed by atoms with Crippen LogP contribution in [0.3, 0.4) is 0 Å². The van der Waals surface area contributed by atoms with Crippen molar-refractivity contribution in [2.24, 2.45) is 5.73 Å². The number of hydrogen-bond donors (Lipinski definition) is 3. The van der Waals surface area contributed by atoms with Crippen molar-refractivity contribution in [1.29, 1.82) is 0 Å². The van der Waals surface area contributed by atoms with E-state index >= 15 is 0 Å². The summed E-state index contributed by atoms with van der Waals surface area (Å²) in [5, 5.41) is 0. The molecule has 1 aromatic rings. The van der Waals surface area contributed by atoms with E-state index in [9.17, 15) is 16.8 Å². The second-order valence-electron chi connectivity index (χ2n) is 4.22. The van der Waals surface area contributed by atoms with E-state index in [1.807, 2.05) is 0 Å². The average molecular weight is 321 g/mol. The van der Waals surface area contributed by atoms with Gasteiger partial charge in [-0.15, -0.1) is 0 Å². The van der Waals surface area contributed by atoms with Crippen molar-refractivity contribution < 1.29 is 16.8 Å². The van der Waals surface area contributed by atoms with E-state index in [0.29, 0.717) is 11.1 Å².